The number of anilines is 1. The standard InChI is InChI=1S/C14H10ClN3O3S/c1-7-5-18-6-11(17-14(18)22-7)12(19)16-8-2-3-10(15)9(4-8)13(20)21/h2-6H,1H3,(H,16,19)(H,20,21). The molecule has 0 fully saturated rings. The van der Waals surface area contributed by atoms with Crippen molar-refractivity contribution in [2.45, 2.75) is 6.92 Å². The predicted octanol–water partition coefficient (Wildman–Crippen LogP) is 3.31. The summed E-state index contributed by atoms with van der Waals surface area (Å²) in [6.07, 6.45) is 3.51. The smallest absolute Gasteiger partial charge is 0.337 e. The number of halogens is 1. The Hall–Kier alpha value is -2.38. The highest BCUT2D eigenvalue weighted by atomic mass is 35.5. The Kier molecular flexibility index (Phi) is 3.59. The van der Waals surface area contributed by atoms with Gasteiger partial charge in [0.05, 0.1) is 10.6 Å². The van der Waals surface area contributed by atoms with Crippen molar-refractivity contribution in [1.29, 1.82) is 0 Å². The van der Waals surface area contributed by atoms with Crippen LogP contribution in [0.3, 0.4) is 0 Å². The Morgan fingerprint density at radius 1 is 1.36 bits per heavy atom. The number of nitrogens with zero attached hydrogens (tertiary/aromatic N) is 2. The van der Waals surface area contributed by atoms with Gasteiger partial charge in [-0.3, -0.25) is 9.20 Å². The summed E-state index contributed by atoms with van der Waals surface area (Å²) < 4.78 is 1.78. The van der Waals surface area contributed by atoms with Gasteiger partial charge in [0, 0.05) is 23.0 Å². The zero-order valence-electron chi connectivity index (χ0n) is 11.3. The van der Waals surface area contributed by atoms with Crippen molar-refractivity contribution in [3.63, 3.8) is 0 Å². The first-order valence-electron chi connectivity index (χ1n) is 6.23. The van der Waals surface area contributed by atoms with Crippen LogP contribution in [-0.2, 0) is 0 Å². The summed E-state index contributed by atoms with van der Waals surface area (Å²) >= 11 is 7.27. The van der Waals surface area contributed by atoms with Crippen molar-refractivity contribution in [2.75, 3.05) is 5.32 Å². The number of carboxylic acid groups (broad SMARTS) is 1. The van der Waals surface area contributed by atoms with Crippen molar-refractivity contribution in [2.24, 2.45) is 0 Å². The van der Waals surface area contributed by atoms with E-state index in [4.69, 9.17) is 16.7 Å². The highest BCUT2D eigenvalue weighted by Crippen LogP contribution is 2.22. The zero-order chi connectivity index (χ0) is 15.9. The second kappa shape index (κ2) is 5.43. The lowest BCUT2D eigenvalue weighted by molar-refractivity contribution is 0.0696. The number of aromatic carboxylic acids is 1. The van der Waals surface area contributed by atoms with E-state index in [2.05, 4.69) is 10.3 Å². The van der Waals surface area contributed by atoms with Crippen molar-refractivity contribution in [3.05, 3.63) is 51.7 Å². The number of rotatable bonds is 3. The van der Waals surface area contributed by atoms with E-state index in [9.17, 15) is 9.59 Å². The Balaban J connectivity index is 1.85. The number of aryl methyl sites for hydroxylation is 1. The van der Waals surface area contributed by atoms with E-state index >= 15 is 0 Å². The Bertz CT molecular complexity index is 869. The highest BCUT2D eigenvalue weighted by molar-refractivity contribution is 7.17. The Morgan fingerprint density at radius 2 is 2.14 bits per heavy atom. The molecule has 0 aliphatic heterocycles. The molecule has 0 radical (unpaired) electrons. The fraction of sp³-hybridized carbons (Fsp3) is 0.0714. The minimum absolute atomic E-state index is 0.0686. The van der Waals surface area contributed by atoms with Crippen molar-refractivity contribution < 1.29 is 14.7 Å². The lowest BCUT2D eigenvalue weighted by atomic mass is 10.2. The molecule has 2 N–H and O–H groups in total. The molecule has 0 unspecified atom stereocenters. The lowest BCUT2D eigenvalue weighted by Crippen LogP contribution is -2.13. The molecule has 0 atom stereocenters. The van der Waals surface area contributed by atoms with Crippen LogP contribution in [0.15, 0.2) is 30.6 Å². The molecule has 3 rings (SSSR count). The number of imidazole rings is 1. The molecule has 2 aromatic heterocycles. The lowest BCUT2D eigenvalue weighted by Gasteiger charge is -2.05. The van der Waals surface area contributed by atoms with Crippen LogP contribution in [0.2, 0.25) is 5.02 Å². The molecule has 6 nitrogen and oxygen atoms in total. The van der Waals surface area contributed by atoms with Gasteiger partial charge in [-0.15, -0.1) is 11.3 Å². The molecule has 0 saturated carbocycles. The van der Waals surface area contributed by atoms with Crippen molar-refractivity contribution >= 4 is 45.5 Å². The molecule has 2 heterocycles. The molecule has 0 saturated heterocycles. The fourth-order valence-corrected chi connectivity index (χ4v) is 2.99. The Morgan fingerprint density at radius 3 is 2.82 bits per heavy atom. The van der Waals surface area contributed by atoms with E-state index in [1.807, 2.05) is 13.1 Å². The van der Waals surface area contributed by atoms with Gasteiger partial charge in [0.1, 0.15) is 5.69 Å². The fourth-order valence-electron chi connectivity index (χ4n) is 1.98. The number of carbonyl (C=O) groups excluding carboxylic acids is 1. The van der Waals surface area contributed by atoms with Crippen molar-refractivity contribution in [1.82, 2.24) is 9.38 Å². The summed E-state index contributed by atoms with van der Waals surface area (Å²) in [4.78, 5) is 29.3. The maximum absolute atomic E-state index is 12.2. The molecule has 8 heteroatoms. The average Bonchev–Trinajstić information content (AvgIpc) is 2.97. The molecule has 0 spiro atoms. The van der Waals surface area contributed by atoms with E-state index < -0.39 is 11.9 Å². The minimum atomic E-state index is -1.15. The summed E-state index contributed by atoms with van der Waals surface area (Å²) in [6, 6.07) is 4.27. The van der Waals surface area contributed by atoms with Gasteiger partial charge in [0.25, 0.3) is 5.91 Å². The third-order valence-electron chi connectivity index (χ3n) is 2.96. The average molecular weight is 336 g/mol. The van der Waals surface area contributed by atoms with Gasteiger partial charge in [-0.2, -0.15) is 0 Å². The monoisotopic (exact) mass is 335 g/mol. The van der Waals surface area contributed by atoms with E-state index in [0.717, 1.165) is 9.84 Å². The number of fused-ring (bicyclic) bond motifs is 1. The number of aromatic nitrogens is 2. The first-order chi connectivity index (χ1) is 10.4. The number of carbonyl (C=O) groups is 2. The highest BCUT2D eigenvalue weighted by Gasteiger charge is 2.14. The summed E-state index contributed by atoms with van der Waals surface area (Å²) in [6.45, 7) is 1.96. The summed E-state index contributed by atoms with van der Waals surface area (Å²) in [7, 11) is 0. The van der Waals surface area contributed by atoms with E-state index in [1.54, 1.807) is 10.6 Å². The van der Waals surface area contributed by atoms with Crippen LogP contribution in [0, 0.1) is 6.92 Å². The van der Waals surface area contributed by atoms with E-state index in [0.29, 0.717) is 5.69 Å². The molecule has 1 aromatic carbocycles. The van der Waals surface area contributed by atoms with Crippen LogP contribution in [0.5, 0.6) is 0 Å². The number of carboxylic acids is 1. The van der Waals surface area contributed by atoms with Gasteiger partial charge in [-0.05, 0) is 25.1 Å². The van der Waals surface area contributed by atoms with Gasteiger partial charge in [-0.25, -0.2) is 9.78 Å². The molecule has 1 amide bonds. The summed E-state index contributed by atoms with van der Waals surface area (Å²) in [5.74, 6) is -1.56. The number of benzene rings is 1. The largest absolute Gasteiger partial charge is 0.478 e. The zero-order valence-corrected chi connectivity index (χ0v) is 12.9. The van der Waals surface area contributed by atoms with Gasteiger partial charge < -0.3 is 10.4 Å². The Labute approximate surface area is 134 Å². The van der Waals surface area contributed by atoms with Crippen LogP contribution >= 0.6 is 22.9 Å². The molecule has 0 aliphatic rings. The van der Waals surface area contributed by atoms with Crippen molar-refractivity contribution in [3.8, 4) is 0 Å². The van der Waals surface area contributed by atoms with E-state index in [-0.39, 0.29) is 16.3 Å². The third-order valence-corrected chi connectivity index (χ3v) is 4.20. The van der Waals surface area contributed by atoms with Crippen LogP contribution in [0.4, 0.5) is 5.69 Å². The quantitative estimate of drug-likeness (QED) is 0.769. The molecule has 0 bridgehead atoms. The SMILES string of the molecule is Cc1cn2cc(C(=O)Nc3ccc(Cl)c(C(=O)O)c3)nc2s1. The van der Waals surface area contributed by atoms with Gasteiger partial charge in [0.15, 0.2) is 4.96 Å². The normalized spacial score (nSPS) is 10.8. The number of hydrogen-bond acceptors (Lipinski definition) is 4. The first kappa shape index (κ1) is 14.6. The third kappa shape index (κ3) is 2.68. The molecule has 0 aliphatic carbocycles. The minimum Gasteiger partial charge on any atom is -0.478 e. The van der Waals surface area contributed by atoms with Crippen LogP contribution in [0.1, 0.15) is 25.7 Å². The molecule has 112 valence electrons. The van der Waals surface area contributed by atoms with Gasteiger partial charge in [-0.1, -0.05) is 11.6 Å². The number of nitrogens with one attached hydrogen (secondary N) is 1. The summed E-state index contributed by atoms with van der Waals surface area (Å²) in [5.41, 5.74) is 0.540. The maximum atomic E-state index is 12.2. The molecule has 22 heavy (non-hydrogen) atoms. The van der Waals surface area contributed by atoms with Gasteiger partial charge >= 0.3 is 5.97 Å². The number of hydrogen-bond donors (Lipinski definition) is 2. The predicted molar refractivity (Wildman–Crippen MR) is 84.2 cm³/mol. The molecular weight excluding hydrogens is 326 g/mol. The summed E-state index contributed by atoms with van der Waals surface area (Å²) in [5, 5.41) is 11.8. The maximum Gasteiger partial charge on any atom is 0.337 e. The van der Waals surface area contributed by atoms with E-state index in [1.165, 1.54) is 29.5 Å². The number of amides is 1. The molecule has 3 aromatic rings. The first-order valence-corrected chi connectivity index (χ1v) is 7.43. The van der Waals surface area contributed by atoms with Crippen LogP contribution < -0.4 is 5.32 Å². The van der Waals surface area contributed by atoms with Crippen LogP contribution in [-0.4, -0.2) is 26.4 Å². The number of thiazole rings is 1. The molecular formula is C14H10ClN3O3S. The second-order valence-corrected chi connectivity index (χ2v) is 6.23. The second-order valence-electron chi connectivity index (χ2n) is 4.61. The van der Waals surface area contributed by atoms with Crippen LogP contribution in [0.25, 0.3) is 4.96 Å². The van der Waals surface area contributed by atoms with Gasteiger partial charge in [0.2, 0.25) is 0 Å². The topological polar surface area (TPSA) is 83.7 Å².